The van der Waals surface area contributed by atoms with Crippen molar-refractivity contribution in [1.29, 1.82) is 0 Å². The molecule has 0 aromatic heterocycles. The molecule has 1 aliphatic heterocycles. The summed E-state index contributed by atoms with van der Waals surface area (Å²) in [4.78, 5) is 46.9. The van der Waals surface area contributed by atoms with Crippen molar-refractivity contribution in [3.63, 3.8) is 0 Å². The number of benzene rings is 1. The Morgan fingerprint density at radius 3 is 2.10 bits per heavy atom. The van der Waals surface area contributed by atoms with E-state index in [4.69, 9.17) is 0 Å². The molecule has 1 aromatic carbocycles. The highest BCUT2D eigenvalue weighted by Crippen LogP contribution is 2.29. The molecule has 1 N–H and O–H groups in total. The lowest BCUT2D eigenvalue weighted by Crippen LogP contribution is -2.37. The Morgan fingerprint density at radius 2 is 1.55 bits per heavy atom. The molecule has 7 nitrogen and oxygen atoms in total. The zero-order valence-corrected chi connectivity index (χ0v) is 15.3. The first-order valence-electron chi connectivity index (χ1n) is 8.09. The lowest BCUT2D eigenvalue weighted by atomic mass is 10.2. The van der Waals surface area contributed by atoms with Crippen molar-refractivity contribution in [2.45, 2.75) is 19.3 Å². The molecular weight excluding hydrogens is 427 g/mol. The molecule has 158 valence electrons. The van der Waals surface area contributed by atoms with Crippen molar-refractivity contribution >= 4 is 34.8 Å². The highest BCUT2D eigenvalue weighted by molar-refractivity contribution is 8.14. The third-order valence-electron chi connectivity index (χ3n) is 3.67. The van der Waals surface area contributed by atoms with Gasteiger partial charge in [0, 0.05) is 25.9 Å². The first-order chi connectivity index (χ1) is 13.6. The Balaban J connectivity index is 1.75. The van der Waals surface area contributed by atoms with E-state index in [1.165, 1.54) is 0 Å². The number of nitrogens with one attached hydrogen (secondary N) is 1. The van der Waals surface area contributed by atoms with Crippen molar-refractivity contribution in [2.75, 3.05) is 18.8 Å². The number of hydrogen-bond acceptors (Lipinski definition) is 6. The Kier molecular flexibility index (Phi) is 7.53. The van der Waals surface area contributed by atoms with Gasteiger partial charge in [-0.3, -0.25) is 24.1 Å². The summed E-state index contributed by atoms with van der Waals surface area (Å²) in [5, 5.41) is 1.99. The quantitative estimate of drug-likeness (QED) is 0.219. The number of carbonyl (C=O) groups excluding carboxylic acids is 4. The molecule has 1 heterocycles. The SMILES string of the molecule is O=C(CCCC(=O)Oc1c(F)c(F)c(F)c(F)c1F)NCCN1C(=O)CSC1=O. The topological polar surface area (TPSA) is 92.8 Å². The Bertz CT molecular complexity index is 822. The van der Waals surface area contributed by atoms with Gasteiger partial charge in [-0.2, -0.15) is 8.78 Å². The number of carbonyl (C=O) groups is 4. The zero-order chi connectivity index (χ0) is 21.7. The summed E-state index contributed by atoms with van der Waals surface area (Å²) in [6.45, 7) is -0.0232. The molecule has 29 heavy (non-hydrogen) atoms. The van der Waals surface area contributed by atoms with E-state index in [0.29, 0.717) is 0 Å². The van der Waals surface area contributed by atoms with E-state index in [0.717, 1.165) is 16.7 Å². The number of thioether (sulfide) groups is 1. The fraction of sp³-hybridized carbons (Fsp3) is 0.375. The fourth-order valence-electron chi connectivity index (χ4n) is 2.23. The number of amides is 3. The number of nitrogens with zero attached hydrogens (tertiary/aromatic N) is 1. The number of halogens is 5. The molecule has 1 aliphatic rings. The summed E-state index contributed by atoms with van der Waals surface area (Å²) in [6.07, 6.45) is -0.896. The molecule has 0 aliphatic carbocycles. The van der Waals surface area contributed by atoms with Crippen LogP contribution < -0.4 is 10.1 Å². The fourth-order valence-corrected chi connectivity index (χ4v) is 2.98. The van der Waals surface area contributed by atoms with Crippen LogP contribution in [0.4, 0.5) is 26.7 Å². The van der Waals surface area contributed by atoms with E-state index in [1.807, 2.05) is 0 Å². The zero-order valence-electron chi connectivity index (χ0n) is 14.5. The van der Waals surface area contributed by atoms with E-state index in [2.05, 4.69) is 10.1 Å². The third kappa shape index (κ3) is 5.43. The second-order valence-electron chi connectivity index (χ2n) is 5.68. The molecule has 0 radical (unpaired) electrons. The van der Waals surface area contributed by atoms with E-state index in [-0.39, 0.29) is 37.6 Å². The maximum Gasteiger partial charge on any atom is 0.311 e. The molecule has 0 unspecified atom stereocenters. The van der Waals surface area contributed by atoms with Gasteiger partial charge in [-0.05, 0) is 6.42 Å². The van der Waals surface area contributed by atoms with Crippen LogP contribution in [-0.4, -0.2) is 46.8 Å². The molecule has 3 amide bonds. The first kappa shape index (κ1) is 22.6. The Morgan fingerprint density at radius 1 is 0.966 bits per heavy atom. The van der Waals surface area contributed by atoms with E-state index in [1.54, 1.807) is 0 Å². The predicted molar refractivity (Wildman–Crippen MR) is 88.3 cm³/mol. The molecule has 0 spiro atoms. The molecule has 13 heteroatoms. The standard InChI is InChI=1S/C16H13F5N2O5S/c17-10-11(18)13(20)15(14(21)12(10)19)28-9(26)3-1-2-7(24)22-4-5-23-8(25)6-29-16(23)27/h1-6H2,(H,22,24). The van der Waals surface area contributed by atoms with Crippen LogP contribution in [0.3, 0.4) is 0 Å². The number of imide groups is 1. The van der Waals surface area contributed by atoms with Gasteiger partial charge in [0.15, 0.2) is 0 Å². The lowest BCUT2D eigenvalue weighted by Gasteiger charge is -2.13. The van der Waals surface area contributed by atoms with Crippen molar-refractivity contribution < 1.29 is 45.9 Å². The van der Waals surface area contributed by atoms with Gasteiger partial charge >= 0.3 is 5.97 Å². The van der Waals surface area contributed by atoms with Crippen LogP contribution in [0, 0.1) is 29.1 Å². The van der Waals surface area contributed by atoms with Gasteiger partial charge in [-0.25, -0.2) is 13.2 Å². The second kappa shape index (κ2) is 9.67. The van der Waals surface area contributed by atoms with Gasteiger partial charge in [-0.15, -0.1) is 0 Å². The molecule has 1 fully saturated rings. The number of rotatable bonds is 8. The minimum Gasteiger partial charge on any atom is -0.420 e. The van der Waals surface area contributed by atoms with Gasteiger partial charge in [0.05, 0.1) is 5.75 Å². The summed E-state index contributed by atoms with van der Waals surface area (Å²) in [7, 11) is 0. The van der Waals surface area contributed by atoms with Gasteiger partial charge < -0.3 is 10.1 Å². The first-order valence-corrected chi connectivity index (χ1v) is 9.08. The highest BCUT2D eigenvalue weighted by Gasteiger charge is 2.30. The second-order valence-corrected chi connectivity index (χ2v) is 6.60. The number of esters is 1. The number of hydrogen-bond donors (Lipinski definition) is 1. The van der Waals surface area contributed by atoms with Crippen LogP contribution in [0.5, 0.6) is 5.75 Å². The third-order valence-corrected chi connectivity index (χ3v) is 4.53. The van der Waals surface area contributed by atoms with E-state index < -0.39 is 58.4 Å². The minimum absolute atomic E-state index is 0.00806. The van der Waals surface area contributed by atoms with Crippen LogP contribution in [0.15, 0.2) is 0 Å². The smallest absolute Gasteiger partial charge is 0.311 e. The predicted octanol–water partition coefficient (Wildman–Crippen LogP) is 2.27. The summed E-state index contributed by atoms with van der Waals surface area (Å²) < 4.78 is 70.0. The molecule has 1 aromatic rings. The Hall–Kier alpha value is -2.70. The van der Waals surface area contributed by atoms with Gasteiger partial charge in [0.25, 0.3) is 5.24 Å². The average molecular weight is 440 g/mol. The van der Waals surface area contributed by atoms with Crippen LogP contribution in [-0.2, 0) is 14.4 Å². The average Bonchev–Trinajstić information content (AvgIpc) is 3.00. The molecule has 0 atom stereocenters. The minimum atomic E-state index is -2.38. The maximum absolute atomic E-state index is 13.4. The summed E-state index contributed by atoms with van der Waals surface area (Å²) in [5.41, 5.74) is 0. The van der Waals surface area contributed by atoms with E-state index in [9.17, 15) is 41.1 Å². The van der Waals surface area contributed by atoms with Crippen LogP contribution in [0.25, 0.3) is 0 Å². The van der Waals surface area contributed by atoms with Gasteiger partial charge in [-0.1, -0.05) is 11.8 Å². The molecular formula is C16H13F5N2O5S. The largest absolute Gasteiger partial charge is 0.420 e. The van der Waals surface area contributed by atoms with Crippen LogP contribution in [0.2, 0.25) is 0 Å². The summed E-state index contributed by atoms with van der Waals surface area (Å²) in [5.74, 6) is -15.3. The lowest BCUT2D eigenvalue weighted by molar-refractivity contribution is -0.135. The molecule has 2 rings (SSSR count). The monoisotopic (exact) mass is 440 g/mol. The Labute approximate surface area is 164 Å². The summed E-state index contributed by atoms with van der Waals surface area (Å²) in [6, 6.07) is 0. The van der Waals surface area contributed by atoms with Crippen molar-refractivity contribution in [1.82, 2.24) is 10.2 Å². The van der Waals surface area contributed by atoms with Crippen molar-refractivity contribution in [3.05, 3.63) is 29.1 Å². The molecule has 1 saturated heterocycles. The normalized spacial score (nSPS) is 13.8. The van der Waals surface area contributed by atoms with Crippen LogP contribution >= 0.6 is 11.8 Å². The van der Waals surface area contributed by atoms with Crippen molar-refractivity contribution in [3.8, 4) is 5.75 Å². The van der Waals surface area contributed by atoms with Gasteiger partial charge in [0.1, 0.15) is 0 Å². The van der Waals surface area contributed by atoms with Crippen LogP contribution in [0.1, 0.15) is 19.3 Å². The molecule has 0 saturated carbocycles. The van der Waals surface area contributed by atoms with Crippen molar-refractivity contribution in [2.24, 2.45) is 0 Å². The van der Waals surface area contributed by atoms with E-state index >= 15 is 0 Å². The maximum atomic E-state index is 13.4. The molecule has 0 bridgehead atoms. The number of ether oxygens (including phenoxy) is 1. The highest BCUT2D eigenvalue weighted by atomic mass is 32.2. The summed E-state index contributed by atoms with van der Waals surface area (Å²) >= 11 is 0.847. The van der Waals surface area contributed by atoms with Gasteiger partial charge in [0.2, 0.25) is 46.6 Å².